The summed E-state index contributed by atoms with van der Waals surface area (Å²) in [7, 11) is 0. The summed E-state index contributed by atoms with van der Waals surface area (Å²) in [6.07, 6.45) is 7.02. The molecule has 2 aliphatic rings. The summed E-state index contributed by atoms with van der Waals surface area (Å²) >= 11 is 0. The maximum absolute atomic E-state index is 2.50. The molecule has 10 rings (SSSR count). The quantitative estimate of drug-likeness (QED) is 0.174. The van der Waals surface area contributed by atoms with Crippen LogP contribution in [0.25, 0.3) is 81.7 Å². The van der Waals surface area contributed by atoms with E-state index in [0.29, 0.717) is 0 Å². The first-order valence-corrected chi connectivity index (χ1v) is 16.9. The van der Waals surface area contributed by atoms with E-state index in [4.69, 9.17) is 0 Å². The van der Waals surface area contributed by atoms with Crippen LogP contribution in [-0.2, 0) is 5.41 Å². The highest BCUT2D eigenvalue weighted by molar-refractivity contribution is 6.12. The van der Waals surface area contributed by atoms with Crippen LogP contribution in [0.4, 0.5) is 0 Å². The van der Waals surface area contributed by atoms with E-state index in [9.17, 15) is 0 Å². The summed E-state index contributed by atoms with van der Waals surface area (Å²) in [6.45, 7) is 4.83. The van der Waals surface area contributed by atoms with Gasteiger partial charge < -0.3 is 0 Å². The van der Waals surface area contributed by atoms with Gasteiger partial charge in [-0.15, -0.1) is 0 Å². The molecular formula is C47H34. The number of hydrogen-bond donors (Lipinski definition) is 0. The van der Waals surface area contributed by atoms with Crippen molar-refractivity contribution >= 4 is 59.4 Å². The predicted octanol–water partition coefficient (Wildman–Crippen LogP) is 13.2. The molecule has 0 aliphatic heterocycles. The Morgan fingerprint density at radius 2 is 0.979 bits per heavy atom. The highest BCUT2D eigenvalue weighted by Crippen LogP contribution is 2.51. The fourth-order valence-electron chi connectivity index (χ4n) is 8.55. The van der Waals surface area contributed by atoms with Crippen molar-refractivity contribution in [3.05, 3.63) is 162 Å². The molecule has 8 aromatic carbocycles. The fraction of sp³-hybridized carbons (Fsp3) is 0.106. The van der Waals surface area contributed by atoms with Gasteiger partial charge in [-0.2, -0.15) is 0 Å². The Morgan fingerprint density at radius 3 is 1.70 bits per heavy atom. The van der Waals surface area contributed by atoms with Crippen LogP contribution in [0.1, 0.15) is 37.8 Å². The van der Waals surface area contributed by atoms with Gasteiger partial charge in [0.05, 0.1) is 0 Å². The third-order valence-electron chi connectivity index (χ3n) is 11.1. The van der Waals surface area contributed by atoms with E-state index in [0.717, 1.165) is 12.8 Å². The lowest BCUT2D eigenvalue weighted by Gasteiger charge is -2.26. The third kappa shape index (κ3) is 4.01. The Kier molecular flexibility index (Phi) is 5.56. The van der Waals surface area contributed by atoms with Gasteiger partial charge >= 0.3 is 0 Å². The van der Waals surface area contributed by atoms with E-state index in [1.807, 2.05) is 0 Å². The topological polar surface area (TPSA) is 0 Å². The predicted molar refractivity (Wildman–Crippen MR) is 203 cm³/mol. The van der Waals surface area contributed by atoms with E-state index in [-0.39, 0.29) is 5.41 Å². The van der Waals surface area contributed by atoms with Crippen molar-refractivity contribution in [2.24, 2.45) is 0 Å². The van der Waals surface area contributed by atoms with Gasteiger partial charge in [0.15, 0.2) is 0 Å². The van der Waals surface area contributed by atoms with Gasteiger partial charge in [0.25, 0.3) is 0 Å². The average Bonchev–Trinajstić information content (AvgIpc) is 3.35. The Balaban J connectivity index is 1.06. The second-order valence-corrected chi connectivity index (χ2v) is 14.1. The molecule has 2 aliphatic carbocycles. The molecule has 222 valence electrons. The molecule has 0 saturated heterocycles. The highest BCUT2D eigenvalue weighted by Gasteiger charge is 2.37. The zero-order valence-corrected chi connectivity index (χ0v) is 26.8. The van der Waals surface area contributed by atoms with Crippen molar-refractivity contribution in [1.82, 2.24) is 0 Å². The van der Waals surface area contributed by atoms with Crippen LogP contribution in [0.2, 0.25) is 0 Å². The van der Waals surface area contributed by atoms with Gasteiger partial charge in [-0.25, -0.2) is 0 Å². The molecule has 0 bridgehead atoms. The van der Waals surface area contributed by atoms with Crippen LogP contribution in [0.5, 0.6) is 0 Å². The summed E-state index contributed by atoms with van der Waals surface area (Å²) in [4.78, 5) is 0. The van der Waals surface area contributed by atoms with Crippen molar-refractivity contribution in [3.63, 3.8) is 0 Å². The number of hydrogen-bond acceptors (Lipinski definition) is 0. The van der Waals surface area contributed by atoms with Crippen LogP contribution < -0.4 is 0 Å². The van der Waals surface area contributed by atoms with Crippen LogP contribution in [0, 0.1) is 0 Å². The Morgan fingerprint density at radius 1 is 0.447 bits per heavy atom. The number of fused-ring (bicyclic) bond motifs is 9. The number of rotatable bonds is 2. The van der Waals surface area contributed by atoms with Crippen molar-refractivity contribution in [2.75, 3.05) is 0 Å². The Hall–Kier alpha value is -5.46. The van der Waals surface area contributed by atoms with E-state index >= 15 is 0 Å². The van der Waals surface area contributed by atoms with Crippen LogP contribution >= 0.6 is 0 Å². The van der Waals surface area contributed by atoms with Gasteiger partial charge in [-0.3, -0.25) is 0 Å². The largest absolute Gasteiger partial charge is 0.0836 e. The summed E-state index contributed by atoms with van der Waals surface area (Å²) in [5.41, 5.74) is 11.1. The van der Waals surface area contributed by atoms with Crippen LogP contribution in [0.15, 0.2) is 151 Å². The van der Waals surface area contributed by atoms with Gasteiger partial charge in [0, 0.05) is 5.41 Å². The van der Waals surface area contributed by atoms with Crippen molar-refractivity contribution < 1.29 is 0 Å². The minimum absolute atomic E-state index is 0.0702. The molecule has 0 nitrogen and oxygen atoms in total. The summed E-state index contributed by atoms with van der Waals surface area (Å²) < 4.78 is 0. The molecule has 0 unspecified atom stereocenters. The summed E-state index contributed by atoms with van der Waals surface area (Å²) in [6, 6.07) is 50.3. The standard InChI is InChI=1S/C47H34/c1-47(2)45-10-6-5-9-41(45)44-27-38-16-13-30-12-15-35(26-42(30)43(38)28-46(44)47)34-20-22-40-37(25-34)18-17-36-24-33(19-21-39(36)40)32-14-11-29-7-3-4-8-31(29)23-32/h3-5,7-9,11-28H,6,10H2,1-2H3. The zero-order chi connectivity index (χ0) is 31.3. The first-order chi connectivity index (χ1) is 23.0. The van der Waals surface area contributed by atoms with E-state index in [2.05, 4.69) is 159 Å². The van der Waals surface area contributed by atoms with Crippen molar-refractivity contribution in [3.8, 4) is 22.3 Å². The molecule has 0 fully saturated rings. The third-order valence-corrected chi connectivity index (χ3v) is 11.1. The van der Waals surface area contributed by atoms with Gasteiger partial charge in [0.1, 0.15) is 0 Å². The lowest BCUT2D eigenvalue weighted by Crippen LogP contribution is -2.17. The second-order valence-electron chi connectivity index (χ2n) is 14.1. The maximum Gasteiger partial charge on any atom is 0.0121 e. The molecule has 47 heavy (non-hydrogen) atoms. The molecular weight excluding hydrogens is 565 g/mol. The summed E-state index contributed by atoms with van der Waals surface area (Å²) in [5.74, 6) is 0. The van der Waals surface area contributed by atoms with Gasteiger partial charge in [0.2, 0.25) is 0 Å². The maximum atomic E-state index is 2.50. The minimum atomic E-state index is 0.0702. The monoisotopic (exact) mass is 598 g/mol. The molecule has 0 radical (unpaired) electrons. The number of allylic oxidation sites excluding steroid dienone is 4. The zero-order valence-electron chi connectivity index (χ0n) is 26.8. The molecule has 0 N–H and O–H groups in total. The fourth-order valence-corrected chi connectivity index (χ4v) is 8.55. The van der Waals surface area contributed by atoms with Crippen molar-refractivity contribution in [2.45, 2.75) is 32.1 Å². The smallest absolute Gasteiger partial charge is 0.0121 e. The number of benzene rings is 8. The Labute approximate surface area is 275 Å². The highest BCUT2D eigenvalue weighted by atomic mass is 14.4. The van der Waals surface area contributed by atoms with E-state index in [1.54, 1.807) is 5.57 Å². The molecule has 0 atom stereocenters. The first kappa shape index (κ1) is 26.7. The Bertz CT molecular complexity index is 2700. The normalized spacial score (nSPS) is 15.3. The second kappa shape index (κ2) is 9.77. The van der Waals surface area contributed by atoms with Gasteiger partial charge in [-0.05, 0) is 142 Å². The molecule has 8 aromatic rings. The average molecular weight is 599 g/mol. The molecule has 0 heteroatoms. The molecule has 0 amide bonds. The first-order valence-electron chi connectivity index (χ1n) is 16.9. The van der Waals surface area contributed by atoms with Crippen LogP contribution in [-0.4, -0.2) is 0 Å². The summed E-state index contributed by atoms with van der Waals surface area (Å²) in [5, 5.41) is 13.0. The molecule has 0 spiro atoms. The van der Waals surface area contributed by atoms with Crippen LogP contribution in [0.3, 0.4) is 0 Å². The molecule has 0 heterocycles. The lowest BCUT2D eigenvalue weighted by molar-refractivity contribution is 0.608. The van der Waals surface area contributed by atoms with Crippen molar-refractivity contribution in [1.29, 1.82) is 0 Å². The molecule has 0 saturated carbocycles. The molecule has 0 aromatic heterocycles. The van der Waals surface area contributed by atoms with E-state index < -0.39 is 0 Å². The lowest BCUT2D eigenvalue weighted by atomic mass is 9.78. The van der Waals surface area contributed by atoms with E-state index in [1.165, 1.54) is 92.8 Å². The van der Waals surface area contributed by atoms with Gasteiger partial charge in [-0.1, -0.05) is 129 Å². The SMILES string of the molecule is CC1(C)C2=C(C=CCC2)c2cc3ccc4ccc(-c5ccc6c(ccc7cc(-c8ccc9ccccc9c8)ccc76)c5)cc4c3cc21. The minimum Gasteiger partial charge on any atom is -0.0836 e.